The van der Waals surface area contributed by atoms with Crippen LogP contribution in [0.15, 0.2) is 52.7 Å². The van der Waals surface area contributed by atoms with Crippen LogP contribution in [0.4, 0.5) is 15.2 Å². The van der Waals surface area contributed by atoms with E-state index in [9.17, 15) is 17.6 Å². The highest BCUT2D eigenvalue weighted by Gasteiger charge is 2.21. The molecule has 0 aliphatic carbocycles. The minimum atomic E-state index is -3.75. The number of hydrogen-bond donors (Lipinski definition) is 2. The first-order chi connectivity index (χ1) is 14.2. The second-order valence-electron chi connectivity index (χ2n) is 6.61. The molecule has 0 radical (unpaired) electrons. The van der Waals surface area contributed by atoms with Gasteiger partial charge in [-0.15, -0.1) is 23.1 Å². The number of thioether (sulfide) groups is 1. The van der Waals surface area contributed by atoms with Gasteiger partial charge in [-0.25, -0.2) is 17.8 Å². The summed E-state index contributed by atoms with van der Waals surface area (Å²) in [6.45, 7) is 2.98. The minimum absolute atomic E-state index is 0.00157. The Morgan fingerprint density at radius 2 is 1.87 bits per heavy atom. The molecule has 1 heterocycles. The Morgan fingerprint density at radius 3 is 2.50 bits per heavy atom. The molecule has 0 atom stereocenters. The fourth-order valence-electron chi connectivity index (χ4n) is 2.46. The van der Waals surface area contributed by atoms with Crippen molar-refractivity contribution in [1.82, 2.24) is 4.98 Å². The largest absolute Gasteiger partial charge is 0.298 e. The van der Waals surface area contributed by atoms with Crippen molar-refractivity contribution in [1.29, 1.82) is 0 Å². The number of hydrogen-bond acceptors (Lipinski definition) is 6. The molecule has 0 fully saturated rings. The van der Waals surface area contributed by atoms with Crippen molar-refractivity contribution < 1.29 is 17.6 Å². The van der Waals surface area contributed by atoms with Crippen LogP contribution in [0, 0.1) is 5.82 Å². The smallest absolute Gasteiger partial charge is 0.259 e. The van der Waals surface area contributed by atoms with Crippen molar-refractivity contribution in [2.24, 2.45) is 0 Å². The molecule has 0 saturated carbocycles. The molecule has 1 aromatic heterocycles. The number of sulfonamides is 1. The maximum atomic E-state index is 13.7. The summed E-state index contributed by atoms with van der Waals surface area (Å²) in [5.74, 6) is -1.24. The van der Waals surface area contributed by atoms with E-state index in [1.54, 1.807) is 11.8 Å². The van der Waals surface area contributed by atoms with Crippen LogP contribution in [-0.4, -0.2) is 30.8 Å². The molecule has 3 aromatic rings. The van der Waals surface area contributed by atoms with Gasteiger partial charge in [0.05, 0.1) is 22.2 Å². The van der Waals surface area contributed by atoms with Crippen molar-refractivity contribution in [3.63, 3.8) is 0 Å². The van der Waals surface area contributed by atoms with E-state index in [-0.39, 0.29) is 11.3 Å². The molecular formula is C20H20FN3O3S3. The average Bonchev–Trinajstić information content (AvgIpc) is 3.16. The summed E-state index contributed by atoms with van der Waals surface area (Å²) in [5, 5.41) is 4.08. The van der Waals surface area contributed by atoms with E-state index < -0.39 is 27.0 Å². The van der Waals surface area contributed by atoms with Crippen LogP contribution >= 0.6 is 23.1 Å². The fraction of sp³-hybridized carbons (Fsp3) is 0.200. The van der Waals surface area contributed by atoms with E-state index >= 15 is 0 Å². The van der Waals surface area contributed by atoms with Gasteiger partial charge in [-0.05, 0) is 50.4 Å². The van der Waals surface area contributed by atoms with E-state index in [1.165, 1.54) is 31.3 Å². The number of benzene rings is 2. The highest BCUT2D eigenvalue weighted by atomic mass is 32.2. The molecule has 0 unspecified atom stereocenters. The Labute approximate surface area is 183 Å². The van der Waals surface area contributed by atoms with Crippen LogP contribution < -0.4 is 10.0 Å². The predicted molar refractivity (Wildman–Crippen MR) is 121 cm³/mol. The molecule has 30 heavy (non-hydrogen) atoms. The lowest BCUT2D eigenvalue weighted by molar-refractivity contribution is 0.102. The quantitative estimate of drug-likeness (QED) is 0.476. The number of nitrogens with one attached hydrogen (secondary N) is 2. The monoisotopic (exact) mass is 465 g/mol. The Balaban J connectivity index is 1.82. The molecule has 0 bridgehead atoms. The van der Waals surface area contributed by atoms with E-state index in [1.807, 2.05) is 35.9 Å². The zero-order valence-corrected chi connectivity index (χ0v) is 18.9. The number of halogens is 1. The Hall–Kier alpha value is -2.43. The zero-order valence-electron chi connectivity index (χ0n) is 16.5. The number of carbonyl (C=O) groups is 1. The molecule has 0 aliphatic heterocycles. The first-order valence-electron chi connectivity index (χ1n) is 8.92. The van der Waals surface area contributed by atoms with Gasteiger partial charge in [0, 0.05) is 15.8 Å². The van der Waals surface area contributed by atoms with Crippen molar-refractivity contribution >= 4 is 49.8 Å². The van der Waals surface area contributed by atoms with Gasteiger partial charge < -0.3 is 0 Å². The number of anilines is 2. The predicted octanol–water partition coefficient (Wildman–Crippen LogP) is 5.07. The molecule has 0 spiro atoms. The van der Waals surface area contributed by atoms with Gasteiger partial charge in [0.2, 0.25) is 10.0 Å². The highest BCUT2D eigenvalue weighted by Crippen LogP contribution is 2.28. The third-order valence-electron chi connectivity index (χ3n) is 4.21. The fourth-order valence-corrected chi connectivity index (χ4v) is 4.29. The molecular weight excluding hydrogens is 445 g/mol. The standard InChI is InChI=1S/C20H20FN3O3S3/c1-12(2)30(26,27)24-17-10-14(21)6-9-16(17)19(25)23-20-22-18(11-29-20)13-4-7-15(28-3)8-5-13/h4-12,24H,1-3H3,(H,22,23,25). The van der Waals surface area contributed by atoms with Crippen LogP contribution in [-0.2, 0) is 10.0 Å². The first-order valence-corrected chi connectivity index (χ1v) is 12.6. The lowest BCUT2D eigenvalue weighted by atomic mass is 10.1. The van der Waals surface area contributed by atoms with E-state index in [4.69, 9.17) is 0 Å². The van der Waals surface area contributed by atoms with Crippen molar-refractivity contribution in [3.05, 3.63) is 59.2 Å². The molecule has 2 N–H and O–H groups in total. The second kappa shape index (κ2) is 9.15. The van der Waals surface area contributed by atoms with Gasteiger partial charge in [-0.3, -0.25) is 14.8 Å². The van der Waals surface area contributed by atoms with Crippen LogP contribution in [0.2, 0.25) is 0 Å². The van der Waals surface area contributed by atoms with E-state index in [0.29, 0.717) is 10.8 Å². The third kappa shape index (κ3) is 5.18. The van der Waals surface area contributed by atoms with Crippen molar-refractivity contribution in [2.45, 2.75) is 24.0 Å². The number of thiazole rings is 1. The van der Waals surface area contributed by atoms with Gasteiger partial charge in [-0.1, -0.05) is 12.1 Å². The van der Waals surface area contributed by atoms with Crippen molar-refractivity contribution in [2.75, 3.05) is 16.3 Å². The molecule has 3 rings (SSSR count). The van der Waals surface area contributed by atoms with Crippen LogP contribution in [0.1, 0.15) is 24.2 Å². The van der Waals surface area contributed by atoms with Crippen molar-refractivity contribution in [3.8, 4) is 11.3 Å². The summed E-state index contributed by atoms with van der Waals surface area (Å²) in [4.78, 5) is 18.3. The van der Waals surface area contributed by atoms with Crippen LogP contribution in [0.3, 0.4) is 0 Å². The molecule has 0 aliphatic rings. The summed E-state index contributed by atoms with van der Waals surface area (Å²) in [6.07, 6.45) is 2.00. The minimum Gasteiger partial charge on any atom is -0.298 e. The number of nitrogens with zero attached hydrogens (tertiary/aromatic N) is 1. The molecule has 1 amide bonds. The van der Waals surface area contributed by atoms with Crippen LogP contribution in [0.25, 0.3) is 11.3 Å². The SMILES string of the molecule is CSc1ccc(-c2csc(NC(=O)c3ccc(F)cc3NS(=O)(=O)C(C)C)n2)cc1. The molecule has 6 nitrogen and oxygen atoms in total. The maximum absolute atomic E-state index is 13.7. The van der Waals surface area contributed by atoms with Gasteiger partial charge >= 0.3 is 0 Å². The Kier molecular flexibility index (Phi) is 6.79. The average molecular weight is 466 g/mol. The van der Waals surface area contributed by atoms with E-state index in [2.05, 4.69) is 15.0 Å². The lowest BCUT2D eigenvalue weighted by Gasteiger charge is -2.14. The topological polar surface area (TPSA) is 88.2 Å². The lowest BCUT2D eigenvalue weighted by Crippen LogP contribution is -2.24. The normalized spacial score (nSPS) is 11.5. The number of amides is 1. The summed E-state index contributed by atoms with van der Waals surface area (Å²) in [5.41, 5.74) is 1.51. The number of rotatable bonds is 7. The zero-order chi connectivity index (χ0) is 21.9. The third-order valence-corrected chi connectivity index (χ3v) is 7.46. The Bertz CT molecular complexity index is 1160. The van der Waals surface area contributed by atoms with Crippen LogP contribution in [0.5, 0.6) is 0 Å². The van der Waals surface area contributed by atoms with E-state index in [0.717, 1.165) is 22.6 Å². The summed E-state index contributed by atoms with van der Waals surface area (Å²) in [7, 11) is -3.75. The number of aromatic nitrogens is 1. The Morgan fingerprint density at radius 1 is 1.17 bits per heavy atom. The summed E-state index contributed by atoms with van der Waals surface area (Å²) in [6, 6.07) is 11.2. The number of carbonyl (C=O) groups excluding carboxylic acids is 1. The molecule has 0 saturated heterocycles. The van der Waals surface area contributed by atoms with Gasteiger partial charge in [0.1, 0.15) is 5.82 Å². The summed E-state index contributed by atoms with van der Waals surface area (Å²) < 4.78 is 40.3. The molecule has 2 aromatic carbocycles. The summed E-state index contributed by atoms with van der Waals surface area (Å²) >= 11 is 2.88. The molecule has 158 valence electrons. The second-order valence-corrected chi connectivity index (χ2v) is 10.6. The highest BCUT2D eigenvalue weighted by molar-refractivity contribution is 7.98. The van der Waals surface area contributed by atoms with Gasteiger partial charge in [0.25, 0.3) is 5.91 Å². The first kappa shape index (κ1) is 22.3. The maximum Gasteiger partial charge on any atom is 0.259 e. The molecule has 10 heteroatoms. The van der Waals surface area contributed by atoms with Gasteiger partial charge in [-0.2, -0.15) is 0 Å². The van der Waals surface area contributed by atoms with Gasteiger partial charge in [0.15, 0.2) is 5.13 Å².